The van der Waals surface area contributed by atoms with E-state index in [-0.39, 0.29) is 5.75 Å². The smallest absolute Gasteiger partial charge is 0.211 e. The lowest BCUT2D eigenvalue weighted by Crippen LogP contribution is -2.39. The van der Waals surface area contributed by atoms with Gasteiger partial charge in [-0.25, -0.2) is 13.1 Å². The highest BCUT2D eigenvalue weighted by molar-refractivity contribution is 7.89. The number of aryl methyl sites for hydroxylation is 1. The predicted molar refractivity (Wildman–Crippen MR) is 115 cm³/mol. The number of aromatic nitrogens is 1. The Balaban J connectivity index is 1.70. The minimum absolute atomic E-state index is 0.135. The van der Waals surface area contributed by atoms with E-state index in [0.29, 0.717) is 18.4 Å². The van der Waals surface area contributed by atoms with Gasteiger partial charge in [-0.3, -0.25) is 4.98 Å². The molecular formula is C21H31N3O3S. The van der Waals surface area contributed by atoms with Gasteiger partial charge in [0.2, 0.25) is 10.0 Å². The number of fused-ring (bicyclic) bond motifs is 1. The summed E-state index contributed by atoms with van der Waals surface area (Å²) in [7, 11) is -1.42. The predicted octanol–water partition coefficient (Wildman–Crippen LogP) is 3.34. The summed E-state index contributed by atoms with van der Waals surface area (Å²) in [5.41, 5.74) is 3.27. The van der Waals surface area contributed by atoms with Crippen LogP contribution < -0.4 is 14.4 Å². The lowest BCUT2D eigenvalue weighted by atomic mass is 9.85. The Morgan fingerprint density at radius 1 is 1.32 bits per heavy atom. The number of sulfonamides is 1. The van der Waals surface area contributed by atoms with Crippen LogP contribution in [0.1, 0.15) is 32.3 Å². The zero-order valence-electron chi connectivity index (χ0n) is 17.2. The van der Waals surface area contributed by atoms with Crippen molar-refractivity contribution in [2.75, 3.05) is 37.4 Å². The molecule has 1 N–H and O–H groups in total. The fraction of sp³-hybridized carbons (Fsp3) is 0.571. The molecule has 0 amide bonds. The maximum Gasteiger partial charge on any atom is 0.211 e. The third kappa shape index (κ3) is 4.58. The fourth-order valence-electron chi connectivity index (χ4n) is 3.99. The standard InChI is InChI=1S/C21H31N3O3S/c1-5-28(25,26)23-14-16(3)17-7-10-24(11-8-17)20-6-9-22-19-12-15(2)21(27-4)13-18(19)20/h6,9,12-13,16-17,23H,5,7-8,10-11,14H2,1-4H3. The molecule has 3 rings (SSSR count). The first-order valence-corrected chi connectivity index (χ1v) is 11.7. The summed E-state index contributed by atoms with van der Waals surface area (Å²) in [6.07, 6.45) is 3.99. The fourth-order valence-corrected chi connectivity index (χ4v) is 4.72. The van der Waals surface area contributed by atoms with E-state index in [9.17, 15) is 8.42 Å². The van der Waals surface area contributed by atoms with Crippen LogP contribution in [0.25, 0.3) is 10.9 Å². The number of benzene rings is 1. The molecule has 2 aromatic rings. The van der Waals surface area contributed by atoms with Crippen molar-refractivity contribution < 1.29 is 13.2 Å². The van der Waals surface area contributed by atoms with Crippen LogP contribution in [0.3, 0.4) is 0 Å². The number of rotatable bonds is 7. The van der Waals surface area contributed by atoms with E-state index in [1.54, 1.807) is 14.0 Å². The Hall–Kier alpha value is -1.86. The molecule has 2 heterocycles. The van der Waals surface area contributed by atoms with Crippen molar-refractivity contribution >= 4 is 26.6 Å². The van der Waals surface area contributed by atoms with Crippen LogP contribution in [0.4, 0.5) is 5.69 Å². The molecule has 28 heavy (non-hydrogen) atoms. The van der Waals surface area contributed by atoms with Crippen LogP contribution in [0.5, 0.6) is 5.75 Å². The molecule has 0 saturated carbocycles. The number of methoxy groups -OCH3 is 1. The molecule has 0 aliphatic carbocycles. The van der Waals surface area contributed by atoms with Crippen molar-refractivity contribution in [2.24, 2.45) is 11.8 Å². The van der Waals surface area contributed by atoms with E-state index in [1.165, 1.54) is 5.69 Å². The molecule has 154 valence electrons. The molecule has 0 spiro atoms. The van der Waals surface area contributed by atoms with Crippen molar-refractivity contribution in [3.05, 3.63) is 30.0 Å². The Morgan fingerprint density at radius 2 is 2.04 bits per heavy atom. The molecule has 1 saturated heterocycles. The molecule has 0 radical (unpaired) electrons. The SMILES string of the molecule is CCS(=O)(=O)NCC(C)C1CCN(c2ccnc3cc(C)c(OC)cc23)CC1. The average Bonchev–Trinajstić information content (AvgIpc) is 2.71. The van der Waals surface area contributed by atoms with Gasteiger partial charge in [0.05, 0.1) is 18.4 Å². The van der Waals surface area contributed by atoms with E-state index in [0.717, 1.165) is 48.1 Å². The van der Waals surface area contributed by atoms with Gasteiger partial charge in [0.25, 0.3) is 0 Å². The number of piperidine rings is 1. The molecule has 7 heteroatoms. The third-order valence-corrected chi connectivity index (χ3v) is 7.29. The zero-order chi connectivity index (χ0) is 20.3. The molecule has 6 nitrogen and oxygen atoms in total. The number of anilines is 1. The second-order valence-corrected chi connectivity index (χ2v) is 9.82. The Kier molecular flexibility index (Phi) is 6.45. The summed E-state index contributed by atoms with van der Waals surface area (Å²) < 4.78 is 31.6. The van der Waals surface area contributed by atoms with Crippen molar-refractivity contribution in [2.45, 2.75) is 33.6 Å². The summed E-state index contributed by atoms with van der Waals surface area (Å²) in [5, 5.41) is 1.12. The lowest BCUT2D eigenvalue weighted by molar-refractivity contribution is 0.293. The number of pyridine rings is 1. The van der Waals surface area contributed by atoms with Crippen LogP contribution in [0, 0.1) is 18.8 Å². The van der Waals surface area contributed by atoms with E-state index >= 15 is 0 Å². The van der Waals surface area contributed by atoms with Crippen LogP contribution in [0.15, 0.2) is 24.4 Å². The number of nitrogens with one attached hydrogen (secondary N) is 1. The molecular weight excluding hydrogens is 374 g/mol. The minimum atomic E-state index is -3.12. The monoisotopic (exact) mass is 405 g/mol. The first-order chi connectivity index (χ1) is 13.3. The summed E-state index contributed by atoms with van der Waals surface area (Å²) in [6, 6.07) is 6.24. The summed E-state index contributed by atoms with van der Waals surface area (Å²) in [4.78, 5) is 6.94. The molecule has 1 fully saturated rings. The molecule has 1 atom stereocenters. The Morgan fingerprint density at radius 3 is 2.68 bits per heavy atom. The number of nitrogens with zero attached hydrogens (tertiary/aromatic N) is 2. The number of hydrogen-bond donors (Lipinski definition) is 1. The van der Waals surface area contributed by atoms with E-state index in [4.69, 9.17) is 4.74 Å². The van der Waals surface area contributed by atoms with Gasteiger partial charge in [0.15, 0.2) is 0 Å². The normalized spacial score (nSPS) is 17.1. The van der Waals surface area contributed by atoms with Crippen molar-refractivity contribution in [3.63, 3.8) is 0 Å². The minimum Gasteiger partial charge on any atom is -0.496 e. The van der Waals surface area contributed by atoms with E-state index in [2.05, 4.69) is 39.7 Å². The first-order valence-electron chi connectivity index (χ1n) is 10.00. The van der Waals surface area contributed by atoms with Crippen molar-refractivity contribution in [1.82, 2.24) is 9.71 Å². The van der Waals surface area contributed by atoms with Gasteiger partial charge in [0.1, 0.15) is 5.75 Å². The molecule has 0 bridgehead atoms. The number of ether oxygens (including phenoxy) is 1. The van der Waals surface area contributed by atoms with Gasteiger partial charge in [-0.15, -0.1) is 0 Å². The van der Waals surface area contributed by atoms with Gasteiger partial charge >= 0.3 is 0 Å². The maximum atomic E-state index is 11.7. The third-order valence-electron chi connectivity index (χ3n) is 5.93. The average molecular weight is 406 g/mol. The second kappa shape index (κ2) is 8.66. The van der Waals surface area contributed by atoms with E-state index in [1.807, 2.05) is 13.1 Å². The van der Waals surface area contributed by atoms with Gasteiger partial charge in [-0.1, -0.05) is 6.92 Å². The first kappa shape index (κ1) is 20.9. The largest absolute Gasteiger partial charge is 0.496 e. The quantitative estimate of drug-likeness (QED) is 0.765. The van der Waals surface area contributed by atoms with Crippen LogP contribution >= 0.6 is 0 Å². The van der Waals surface area contributed by atoms with Gasteiger partial charge in [-0.05, 0) is 62.3 Å². The van der Waals surface area contributed by atoms with Gasteiger partial charge in [0, 0.05) is 36.9 Å². The Bertz CT molecular complexity index is 922. The summed E-state index contributed by atoms with van der Waals surface area (Å²) >= 11 is 0. The highest BCUT2D eigenvalue weighted by Gasteiger charge is 2.25. The second-order valence-electron chi connectivity index (χ2n) is 7.72. The van der Waals surface area contributed by atoms with Crippen molar-refractivity contribution in [1.29, 1.82) is 0 Å². The van der Waals surface area contributed by atoms with Gasteiger partial charge < -0.3 is 9.64 Å². The lowest BCUT2D eigenvalue weighted by Gasteiger charge is -2.36. The molecule has 1 aliphatic rings. The van der Waals surface area contributed by atoms with E-state index < -0.39 is 10.0 Å². The van der Waals surface area contributed by atoms with Gasteiger partial charge in [-0.2, -0.15) is 0 Å². The maximum absolute atomic E-state index is 11.7. The molecule has 1 aliphatic heterocycles. The van der Waals surface area contributed by atoms with Crippen molar-refractivity contribution in [3.8, 4) is 5.75 Å². The summed E-state index contributed by atoms with van der Waals surface area (Å²) in [6.45, 7) is 8.30. The highest BCUT2D eigenvalue weighted by atomic mass is 32.2. The Labute approximate surface area is 168 Å². The van der Waals surface area contributed by atoms with Crippen LogP contribution in [0.2, 0.25) is 0 Å². The number of hydrogen-bond acceptors (Lipinski definition) is 5. The summed E-state index contributed by atoms with van der Waals surface area (Å²) in [5.74, 6) is 1.88. The topological polar surface area (TPSA) is 71.5 Å². The highest BCUT2D eigenvalue weighted by Crippen LogP contribution is 2.34. The van der Waals surface area contributed by atoms with Crippen LogP contribution in [-0.4, -0.2) is 45.9 Å². The zero-order valence-corrected chi connectivity index (χ0v) is 18.1. The molecule has 1 aromatic heterocycles. The molecule has 1 unspecified atom stereocenters. The molecule has 1 aromatic carbocycles. The van der Waals surface area contributed by atoms with Crippen LogP contribution in [-0.2, 0) is 10.0 Å².